The quantitative estimate of drug-likeness (QED) is 0.381. The molecule has 4 aromatic rings. The fraction of sp³-hybridized carbons (Fsp3) is 0.125. The molecule has 0 bridgehead atoms. The molecule has 2 aromatic carbocycles. The number of amides is 2. The molecule has 10 heteroatoms. The van der Waals surface area contributed by atoms with Gasteiger partial charge in [0.05, 0.1) is 23.3 Å². The second-order valence-corrected chi connectivity index (χ2v) is 7.39. The van der Waals surface area contributed by atoms with E-state index >= 15 is 0 Å². The zero-order valence-electron chi connectivity index (χ0n) is 18.0. The van der Waals surface area contributed by atoms with Gasteiger partial charge in [-0.1, -0.05) is 12.1 Å². The molecule has 0 saturated heterocycles. The van der Waals surface area contributed by atoms with Gasteiger partial charge in [-0.2, -0.15) is 13.2 Å². The van der Waals surface area contributed by atoms with Crippen LogP contribution in [-0.4, -0.2) is 20.6 Å². The fourth-order valence-electron chi connectivity index (χ4n) is 3.26. The number of alkyl halides is 3. The summed E-state index contributed by atoms with van der Waals surface area (Å²) in [4.78, 5) is 20.4. The summed E-state index contributed by atoms with van der Waals surface area (Å²) in [6.07, 6.45) is 3.21. The van der Waals surface area contributed by atoms with E-state index in [0.717, 1.165) is 23.3 Å². The van der Waals surface area contributed by atoms with E-state index in [1.54, 1.807) is 42.9 Å². The van der Waals surface area contributed by atoms with Crippen molar-refractivity contribution in [2.45, 2.75) is 19.6 Å². The van der Waals surface area contributed by atoms with Crippen LogP contribution >= 0.6 is 0 Å². The number of carbonyl (C=O) groups is 1. The summed E-state index contributed by atoms with van der Waals surface area (Å²) in [6.45, 7) is 2.04. The number of urea groups is 1. The van der Waals surface area contributed by atoms with Crippen LogP contribution in [0.3, 0.4) is 0 Å². The number of benzene rings is 2. The molecule has 2 N–H and O–H groups in total. The molecule has 0 fully saturated rings. The van der Waals surface area contributed by atoms with E-state index in [-0.39, 0.29) is 12.2 Å². The molecule has 0 aliphatic rings. The summed E-state index contributed by atoms with van der Waals surface area (Å²) in [7, 11) is 0. The molecule has 2 amide bonds. The number of halogens is 3. The number of pyridine rings is 1. The molecule has 0 atom stereocenters. The Bertz CT molecular complexity index is 1280. The van der Waals surface area contributed by atoms with Crippen LogP contribution in [0.1, 0.15) is 16.7 Å². The summed E-state index contributed by atoms with van der Waals surface area (Å²) in [5.74, 6) is 1.31. The Kier molecular flexibility index (Phi) is 6.48. The number of nitrogens with one attached hydrogen (secondary N) is 2. The first-order chi connectivity index (χ1) is 16.3. The van der Waals surface area contributed by atoms with Crippen molar-refractivity contribution in [1.82, 2.24) is 19.9 Å². The maximum atomic E-state index is 13.2. The summed E-state index contributed by atoms with van der Waals surface area (Å²) in [6, 6.07) is 11.4. The van der Waals surface area contributed by atoms with E-state index in [1.807, 2.05) is 13.0 Å². The zero-order chi connectivity index (χ0) is 24.1. The lowest BCUT2D eigenvalue weighted by Crippen LogP contribution is -2.28. The summed E-state index contributed by atoms with van der Waals surface area (Å²) >= 11 is 0. The molecule has 0 aliphatic heterocycles. The van der Waals surface area contributed by atoms with Crippen molar-refractivity contribution in [3.8, 4) is 17.2 Å². The van der Waals surface area contributed by atoms with Gasteiger partial charge in [0.1, 0.15) is 11.5 Å². The predicted octanol–water partition coefficient (Wildman–Crippen LogP) is 5.71. The van der Waals surface area contributed by atoms with Crippen molar-refractivity contribution >= 4 is 11.7 Å². The lowest BCUT2D eigenvalue weighted by atomic mass is 10.1. The van der Waals surface area contributed by atoms with Gasteiger partial charge in [0.25, 0.3) is 0 Å². The maximum absolute atomic E-state index is 13.2. The van der Waals surface area contributed by atoms with Crippen LogP contribution in [0.2, 0.25) is 0 Å². The largest absolute Gasteiger partial charge is 0.457 e. The first kappa shape index (κ1) is 22.8. The second kappa shape index (κ2) is 9.65. The van der Waals surface area contributed by atoms with E-state index in [4.69, 9.17) is 4.74 Å². The summed E-state index contributed by atoms with van der Waals surface area (Å²) < 4.78 is 46.9. The van der Waals surface area contributed by atoms with Gasteiger partial charge in [-0.15, -0.1) is 0 Å². The predicted molar refractivity (Wildman–Crippen MR) is 120 cm³/mol. The Morgan fingerprint density at radius 1 is 1.03 bits per heavy atom. The summed E-state index contributed by atoms with van der Waals surface area (Å²) in [5, 5.41) is 5.18. The number of nitrogens with zero attached hydrogens (tertiary/aromatic N) is 3. The van der Waals surface area contributed by atoms with Crippen LogP contribution in [0.4, 0.5) is 23.7 Å². The highest BCUT2D eigenvalue weighted by atomic mass is 19.4. The number of imidazole rings is 1. The first-order valence-electron chi connectivity index (χ1n) is 10.2. The number of hydrogen-bond donors (Lipinski definition) is 2. The minimum Gasteiger partial charge on any atom is -0.457 e. The molecule has 0 saturated carbocycles. The number of rotatable bonds is 6. The Hall–Kier alpha value is -4.34. The number of aromatic nitrogens is 3. The lowest BCUT2D eigenvalue weighted by molar-refractivity contribution is -0.137. The molecule has 0 unspecified atom stereocenters. The fourth-order valence-corrected chi connectivity index (χ4v) is 3.26. The Morgan fingerprint density at radius 2 is 1.82 bits per heavy atom. The van der Waals surface area contributed by atoms with Crippen LogP contribution in [0.15, 0.2) is 79.6 Å². The second-order valence-electron chi connectivity index (χ2n) is 7.39. The van der Waals surface area contributed by atoms with Gasteiger partial charge in [-0.05, 0) is 54.4 Å². The highest BCUT2D eigenvalue weighted by Crippen LogP contribution is 2.33. The molecule has 174 valence electrons. The molecule has 0 aliphatic carbocycles. The summed E-state index contributed by atoms with van der Waals surface area (Å²) in [5.41, 5.74) is 1.15. The number of hydrogen-bond acceptors (Lipinski definition) is 4. The van der Waals surface area contributed by atoms with Crippen LogP contribution < -0.4 is 15.4 Å². The number of aryl methyl sites for hydroxylation is 1. The van der Waals surface area contributed by atoms with Crippen LogP contribution in [-0.2, 0) is 12.7 Å². The van der Waals surface area contributed by atoms with Crippen LogP contribution in [0.25, 0.3) is 5.69 Å². The number of anilines is 1. The molecule has 2 aromatic heterocycles. The smallest absolute Gasteiger partial charge is 0.416 e. The van der Waals surface area contributed by atoms with E-state index in [1.165, 1.54) is 23.2 Å². The van der Waals surface area contributed by atoms with Crippen molar-refractivity contribution in [3.05, 3.63) is 96.3 Å². The van der Waals surface area contributed by atoms with Crippen LogP contribution in [0.5, 0.6) is 11.5 Å². The molecular weight excluding hydrogens is 447 g/mol. The average molecular weight is 467 g/mol. The SMILES string of the molecule is Cc1cc(CNC(=O)Nc2cc(C(F)(F)F)ccc2-n2ccnc2)ccc1Oc1ccncc1. The standard InChI is InChI=1S/C24H20F3N5O2/c1-16-12-17(2-5-22(16)34-19-6-8-28-9-7-19)14-30-23(33)31-20-13-18(24(25,26)27)3-4-21(20)32-11-10-29-15-32/h2-13,15H,14H2,1H3,(H2,30,31,33). The van der Waals surface area contributed by atoms with Crippen LogP contribution in [0, 0.1) is 6.92 Å². The number of carbonyl (C=O) groups excluding carboxylic acids is 1. The van der Waals surface area contributed by atoms with E-state index < -0.39 is 17.8 Å². The maximum Gasteiger partial charge on any atom is 0.416 e. The van der Waals surface area contributed by atoms with Crippen molar-refractivity contribution < 1.29 is 22.7 Å². The third-order valence-electron chi connectivity index (χ3n) is 4.92. The normalized spacial score (nSPS) is 11.2. The monoisotopic (exact) mass is 467 g/mol. The van der Waals surface area contributed by atoms with Gasteiger partial charge in [-0.25, -0.2) is 9.78 Å². The van der Waals surface area contributed by atoms with E-state index in [0.29, 0.717) is 17.2 Å². The third-order valence-corrected chi connectivity index (χ3v) is 4.92. The highest BCUT2D eigenvalue weighted by molar-refractivity contribution is 5.91. The van der Waals surface area contributed by atoms with Gasteiger partial charge in [0.2, 0.25) is 0 Å². The van der Waals surface area contributed by atoms with Crippen molar-refractivity contribution in [1.29, 1.82) is 0 Å². The van der Waals surface area contributed by atoms with Gasteiger partial charge >= 0.3 is 12.2 Å². The minimum atomic E-state index is -4.54. The van der Waals surface area contributed by atoms with Crippen molar-refractivity contribution in [2.24, 2.45) is 0 Å². The van der Waals surface area contributed by atoms with E-state index in [9.17, 15) is 18.0 Å². The number of ether oxygens (including phenoxy) is 1. The third kappa shape index (κ3) is 5.52. The van der Waals surface area contributed by atoms with Crippen molar-refractivity contribution in [2.75, 3.05) is 5.32 Å². The van der Waals surface area contributed by atoms with Gasteiger partial charge in [-0.3, -0.25) is 4.98 Å². The molecule has 2 heterocycles. The molecule has 7 nitrogen and oxygen atoms in total. The topological polar surface area (TPSA) is 81.1 Å². The van der Waals surface area contributed by atoms with Gasteiger partial charge < -0.3 is 19.9 Å². The van der Waals surface area contributed by atoms with Gasteiger partial charge in [0.15, 0.2) is 0 Å². The minimum absolute atomic E-state index is 0.00241. The molecule has 34 heavy (non-hydrogen) atoms. The Labute approximate surface area is 193 Å². The Balaban J connectivity index is 1.44. The first-order valence-corrected chi connectivity index (χ1v) is 10.2. The average Bonchev–Trinajstić information content (AvgIpc) is 3.34. The molecule has 0 spiro atoms. The van der Waals surface area contributed by atoms with E-state index in [2.05, 4.69) is 20.6 Å². The molecular formula is C24H20F3N5O2. The highest BCUT2D eigenvalue weighted by Gasteiger charge is 2.31. The lowest BCUT2D eigenvalue weighted by Gasteiger charge is -2.16. The van der Waals surface area contributed by atoms with Gasteiger partial charge in [0, 0.05) is 31.3 Å². The molecule has 4 rings (SSSR count). The van der Waals surface area contributed by atoms with Crippen molar-refractivity contribution in [3.63, 3.8) is 0 Å². The zero-order valence-corrected chi connectivity index (χ0v) is 18.0. The molecule has 0 radical (unpaired) electrons. The Morgan fingerprint density at radius 3 is 2.50 bits per heavy atom.